The molecule has 0 amide bonds. The second-order valence-corrected chi connectivity index (χ2v) is 3.84. The summed E-state index contributed by atoms with van der Waals surface area (Å²) in [6.07, 6.45) is 5.36. The maximum atomic E-state index is 5.48. The number of nitrogens with one attached hydrogen (secondary N) is 1. The fourth-order valence-corrected chi connectivity index (χ4v) is 1.46. The summed E-state index contributed by atoms with van der Waals surface area (Å²) >= 11 is 0. The lowest BCUT2D eigenvalue weighted by molar-refractivity contribution is 0.340. The first-order valence-corrected chi connectivity index (χ1v) is 4.74. The van der Waals surface area contributed by atoms with Crippen molar-refractivity contribution in [1.29, 1.82) is 0 Å². The minimum atomic E-state index is 0.549. The van der Waals surface area contributed by atoms with E-state index in [2.05, 4.69) is 19.3 Å². The van der Waals surface area contributed by atoms with Crippen molar-refractivity contribution in [3.8, 4) is 0 Å². The van der Waals surface area contributed by atoms with Crippen molar-refractivity contribution in [1.82, 2.24) is 5.43 Å². The zero-order valence-electron chi connectivity index (χ0n) is 7.64. The van der Waals surface area contributed by atoms with E-state index in [1.807, 2.05) is 0 Å². The molecule has 2 heteroatoms. The van der Waals surface area contributed by atoms with Gasteiger partial charge < -0.3 is 0 Å². The van der Waals surface area contributed by atoms with Gasteiger partial charge in [0.1, 0.15) is 0 Å². The lowest BCUT2D eigenvalue weighted by Gasteiger charge is -2.21. The standard InChI is InChI=1S/C9H20N2/c1-3-7(2)9(11-10)6-8-4-5-8/h7-9,11H,3-6,10H2,1-2H3. The Morgan fingerprint density at radius 3 is 2.55 bits per heavy atom. The third-order valence-electron chi connectivity index (χ3n) is 2.83. The highest BCUT2D eigenvalue weighted by Gasteiger charge is 2.26. The minimum Gasteiger partial charge on any atom is -0.271 e. The molecular formula is C9H20N2. The minimum absolute atomic E-state index is 0.549. The quantitative estimate of drug-likeness (QED) is 0.469. The van der Waals surface area contributed by atoms with Crippen LogP contribution >= 0.6 is 0 Å². The zero-order valence-corrected chi connectivity index (χ0v) is 7.64. The molecule has 1 saturated carbocycles. The summed E-state index contributed by atoms with van der Waals surface area (Å²) in [5.74, 6) is 7.17. The monoisotopic (exact) mass is 156 g/mol. The fraction of sp³-hybridized carbons (Fsp3) is 1.00. The summed E-state index contributed by atoms with van der Waals surface area (Å²) in [6, 6.07) is 0.549. The molecule has 3 N–H and O–H groups in total. The average molecular weight is 156 g/mol. The normalized spacial score (nSPS) is 23.2. The number of rotatable bonds is 5. The smallest absolute Gasteiger partial charge is 0.0238 e. The predicted octanol–water partition coefficient (Wildman–Crippen LogP) is 1.66. The Labute approximate surface area is 69.5 Å². The number of hydrogen-bond acceptors (Lipinski definition) is 2. The van der Waals surface area contributed by atoms with Gasteiger partial charge in [0.25, 0.3) is 0 Å². The van der Waals surface area contributed by atoms with E-state index < -0.39 is 0 Å². The second kappa shape index (κ2) is 4.07. The molecule has 0 radical (unpaired) electrons. The summed E-state index contributed by atoms with van der Waals surface area (Å²) in [7, 11) is 0. The maximum absolute atomic E-state index is 5.48. The van der Waals surface area contributed by atoms with E-state index in [0.29, 0.717) is 6.04 Å². The van der Waals surface area contributed by atoms with Crippen LogP contribution in [0.15, 0.2) is 0 Å². The van der Waals surface area contributed by atoms with Gasteiger partial charge in [0, 0.05) is 6.04 Å². The highest BCUT2D eigenvalue weighted by molar-refractivity contribution is 4.81. The summed E-state index contributed by atoms with van der Waals surface area (Å²) in [5.41, 5.74) is 2.92. The Balaban J connectivity index is 2.21. The van der Waals surface area contributed by atoms with Gasteiger partial charge in [0.05, 0.1) is 0 Å². The van der Waals surface area contributed by atoms with Crippen molar-refractivity contribution in [3.05, 3.63) is 0 Å². The molecule has 1 rings (SSSR count). The molecule has 0 aromatic rings. The molecule has 0 spiro atoms. The SMILES string of the molecule is CCC(C)C(CC1CC1)NN. The van der Waals surface area contributed by atoms with E-state index in [1.54, 1.807) is 0 Å². The third kappa shape index (κ3) is 2.80. The molecule has 0 aliphatic heterocycles. The maximum Gasteiger partial charge on any atom is 0.0238 e. The van der Waals surface area contributed by atoms with E-state index in [0.717, 1.165) is 11.8 Å². The molecule has 1 fully saturated rings. The van der Waals surface area contributed by atoms with Crippen LogP contribution in [-0.2, 0) is 0 Å². The van der Waals surface area contributed by atoms with E-state index >= 15 is 0 Å². The molecule has 66 valence electrons. The van der Waals surface area contributed by atoms with Crippen molar-refractivity contribution < 1.29 is 0 Å². The Bertz CT molecular complexity index is 110. The molecule has 0 aromatic carbocycles. The lowest BCUT2D eigenvalue weighted by Crippen LogP contribution is -2.40. The van der Waals surface area contributed by atoms with E-state index in [4.69, 9.17) is 5.84 Å². The van der Waals surface area contributed by atoms with Gasteiger partial charge in [-0.05, 0) is 18.3 Å². The van der Waals surface area contributed by atoms with Crippen LogP contribution in [-0.4, -0.2) is 6.04 Å². The van der Waals surface area contributed by atoms with Crippen molar-refractivity contribution in [3.63, 3.8) is 0 Å². The summed E-state index contributed by atoms with van der Waals surface area (Å²) in [6.45, 7) is 4.49. The molecule has 1 aliphatic carbocycles. The van der Waals surface area contributed by atoms with Gasteiger partial charge in [0.2, 0.25) is 0 Å². The molecular weight excluding hydrogens is 136 g/mol. The van der Waals surface area contributed by atoms with Gasteiger partial charge in [0.15, 0.2) is 0 Å². The average Bonchev–Trinajstić information content (AvgIpc) is 2.82. The fourth-order valence-electron chi connectivity index (χ4n) is 1.46. The Kier molecular flexibility index (Phi) is 3.34. The molecule has 0 heterocycles. The molecule has 2 atom stereocenters. The Morgan fingerprint density at radius 1 is 1.55 bits per heavy atom. The van der Waals surface area contributed by atoms with Crippen LogP contribution in [0.25, 0.3) is 0 Å². The van der Waals surface area contributed by atoms with Crippen LogP contribution in [0, 0.1) is 11.8 Å². The molecule has 2 nitrogen and oxygen atoms in total. The van der Waals surface area contributed by atoms with E-state index in [9.17, 15) is 0 Å². The van der Waals surface area contributed by atoms with Crippen molar-refractivity contribution in [2.45, 2.75) is 45.6 Å². The first kappa shape index (κ1) is 9.01. The highest BCUT2D eigenvalue weighted by Crippen LogP contribution is 2.34. The molecule has 11 heavy (non-hydrogen) atoms. The largest absolute Gasteiger partial charge is 0.271 e. The van der Waals surface area contributed by atoms with E-state index in [1.165, 1.54) is 25.7 Å². The van der Waals surface area contributed by atoms with Crippen LogP contribution in [0.5, 0.6) is 0 Å². The van der Waals surface area contributed by atoms with Crippen LogP contribution < -0.4 is 11.3 Å². The Hall–Kier alpha value is -0.0800. The van der Waals surface area contributed by atoms with Crippen molar-refractivity contribution >= 4 is 0 Å². The molecule has 1 aliphatic rings. The number of hydrogen-bond donors (Lipinski definition) is 2. The number of hydrazine groups is 1. The topological polar surface area (TPSA) is 38.0 Å². The second-order valence-electron chi connectivity index (χ2n) is 3.84. The Morgan fingerprint density at radius 2 is 2.18 bits per heavy atom. The molecule has 0 bridgehead atoms. The zero-order chi connectivity index (χ0) is 8.27. The molecule has 0 saturated heterocycles. The summed E-state index contributed by atoms with van der Waals surface area (Å²) < 4.78 is 0. The number of nitrogens with two attached hydrogens (primary N) is 1. The highest BCUT2D eigenvalue weighted by atomic mass is 15.2. The van der Waals surface area contributed by atoms with Gasteiger partial charge in [-0.15, -0.1) is 0 Å². The van der Waals surface area contributed by atoms with Gasteiger partial charge in [-0.25, -0.2) is 0 Å². The van der Waals surface area contributed by atoms with Crippen molar-refractivity contribution in [2.24, 2.45) is 17.7 Å². The van der Waals surface area contributed by atoms with Crippen LogP contribution in [0.2, 0.25) is 0 Å². The van der Waals surface area contributed by atoms with Crippen LogP contribution in [0.3, 0.4) is 0 Å². The van der Waals surface area contributed by atoms with Gasteiger partial charge in [-0.3, -0.25) is 11.3 Å². The third-order valence-corrected chi connectivity index (χ3v) is 2.83. The van der Waals surface area contributed by atoms with Gasteiger partial charge in [-0.2, -0.15) is 0 Å². The summed E-state index contributed by atoms with van der Waals surface area (Å²) in [5, 5.41) is 0. The molecule has 0 aromatic heterocycles. The van der Waals surface area contributed by atoms with Gasteiger partial charge in [-0.1, -0.05) is 33.1 Å². The lowest BCUT2D eigenvalue weighted by atomic mass is 9.95. The van der Waals surface area contributed by atoms with Crippen LogP contribution in [0.1, 0.15) is 39.5 Å². The summed E-state index contributed by atoms with van der Waals surface area (Å²) in [4.78, 5) is 0. The first-order chi connectivity index (χ1) is 5.27. The molecule has 2 unspecified atom stereocenters. The predicted molar refractivity (Wildman–Crippen MR) is 47.9 cm³/mol. The van der Waals surface area contributed by atoms with Crippen molar-refractivity contribution in [2.75, 3.05) is 0 Å². The van der Waals surface area contributed by atoms with Gasteiger partial charge >= 0.3 is 0 Å². The first-order valence-electron chi connectivity index (χ1n) is 4.74. The van der Waals surface area contributed by atoms with E-state index in [-0.39, 0.29) is 0 Å². The van der Waals surface area contributed by atoms with Crippen LogP contribution in [0.4, 0.5) is 0 Å².